The van der Waals surface area contributed by atoms with Gasteiger partial charge in [0.15, 0.2) is 6.10 Å². The molecule has 0 amide bonds. The summed E-state index contributed by atoms with van der Waals surface area (Å²) in [5.74, 6) is 0. The van der Waals surface area contributed by atoms with E-state index in [1.165, 1.54) is 0 Å². The second-order valence-corrected chi connectivity index (χ2v) is 4.21. The van der Waals surface area contributed by atoms with Gasteiger partial charge >= 0.3 is 6.18 Å². The summed E-state index contributed by atoms with van der Waals surface area (Å²) in [5.41, 5.74) is 0.799. The number of fused-ring (bicyclic) bond motifs is 1. The molecule has 2 N–H and O–H groups in total. The smallest absolute Gasteiger partial charge is 0.382 e. The highest BCUT2D eigenvalue weighted by atomic mass is 19.4. The summed E-state index contributed by atoms with van der Waals surface area (Å²) in [4.78, 5) is 4.03. The fourth-order valence-corrected chi connectivity index (χ4v) is 1.78. The van der Waals surface area contributed by atoms with E-state index in [-0.39, 0.29) is 6.54 Å². The molecule has 0 saturated carbocycles. The van der Waals surface area contributed by atoms with Crippen molar-refractivity contribution in [2.24, 2.45) is 0 Å². The first-order chi connectivity index (χ1) is 8.98. The highest BCUT2D eigenvalue weighted by Gasteiger charge is 2.37. The molecule has 0 aliphatic carbocycles. The second-order valence-electron chi connectivity index (χ2n) is 4.21. The number of hydrogen-bond acceptors (Lipinski definition) is 3. The Kier molecular flexibility index (Phi) is 4.01. The minimum Gasteiger partial charge on any atom is -0.382 e. The number of aliphatic hydroxyl groups excluding tert-OH is 1. The Morgan fingerprint density at radius 3 is 2.68 bits per heavy atom. The van der Waals surface area contributed by atoms with Crippen LogP contribution in [0.4, 0.5) is 13.2 Å². The zero-order valence-corrected chi connectivity index (χ0v) is 9.98. The number of pyridine rings is 1. The third-order valence-electron chi connectivity index (χ3n) is 2.78. The number of nitrogens with zero attached hydrogens (tertiary/aromatic N) is 1. The summed E-state index contributed by atoms with van der Waals surface area (Å²) in [7, 11) is 0. The molecule has 1 aromatic heterocycles. The van der Waals surface area contributed by atoms with E-state index in [0.717, 1.165) is 16.3 Å². The van der Waals surface area contributed by atoms with E-state index in [1.54, 1.807) is 12.4 Å². The third kappa shape index (κ3) is 3.42. The predicted molar refractivity (Wildman–Crippen MR) is 65.5 cm³/mol. The summed E-state index contributed by atoms with van der Waals surface area (Å²) < 4.78 is 36.4. The van der Waals surface area contributed by atoms with Gasteiger partial charge in [0.05, 0.1) is 0 Å². The second kappa shape index (κ2) is 5.54. The number of aromatic nitrogens is 1. The van der Waals surface area contributed by atoms with Gasteiger partial charge in [0, 0.05) is 30.9 Å². The molecule has 3 nitrogen and oxygen atoms in total. The van der Waals surface area contributed by atoms with Crippen LogP contribution in [0.5, 0.6) is 0 Å². The summed E-state index contributed by atoms with van der Waals surface area (Å²) in [6.07, 6.45) is -3.64. The van der Waals surface area contributed by atoms with Crippen LogP contribution in [-0.2, 0) is 6.54 Å². The van der Waals surface area contributed by atoms with E-state index in [1.807, 2.05) is 24.3 Å². The van der Waals surface area contributed by atoms with Crippen molar-refractivity contribution in [3.8, 4) is 0 Å². The maximum Gasteiger partial charge on any atom is 0.415 e. The van der Waals surface area contributed by atoms with Crippen molar-refractivity contribution >= 4 is 10.8 Å². The topological polar surface area (TPSA) is 45.1 Å². The fourth-order valence-electron chi connectivity index (χ4n) is 1.78. The Bertz CT molecular complexity index is 552. The summed E-state index contributed by atoms with van der Waals surface area (Å²) in [6, 6.07) is 7.50. The van der Waals surface area contributed by atoms with Gasteiger partial charge in [-0.05, 0) is 10.9 Å². The van der Waals surface area contributed by atoms with Gasteiger partial charge < -0.3 is 10.4 Å². The van der Waals surface area contributed by atoms with Gasteiger partial charge in [0.2, 0.25) is 0 Å². The Hall–Kier alpha value is -1.66. The van der Waals surface area contributed by atoms with Crippen LogP contribution < -0.4 is 5.32 Å². The molecule has 1 atom stereocenters. The van der Waals surface area contributed by atoms with Gasteiger partial charge in [-0.3, -0.25) is 4.98 Å². The Morgan fingerprint density at radius 2 is 1.95 bits per heavy atom. The van der Waals surface area contributed by atoms with Crippen molar-refractivity contribution < 1.29 is 18.3 Å². The summed E-state index contributed by atoms with van der Waals surface area (Å²) in [6.45, 7) is -0.311. The van der Waals surface area contributed by atoms with Crippen LogP contribution in [0, 0.1) is 0 Å². The quantitative estimate of drug-likeness (QED) is 0.895. The van der Waals surface area contributed by atoms with E-state index < -0.39 is 18.8 Å². The zero-order chi connectivity index (χ0) is 13.9. The van der Waals surface area contributed by atoms with Gasteiger partial charge in [-0.2, -0.15) is 13.2 Å². The molecule has 19 heavy (non-hydrogen) atoms. The molecule has 2 rings (SSSR count). The lowest BCUT2D eigenvalue weighted by atomic mass is 10.1. The van der Waals surface area contributed by atoms with E-state index in [4.69, 9.17) is 5.11 Å². The highest BCUT2D eigenvalue weighted by molar-refractivity contribution is 5.84. The number of halogens is 3. The summed E-state index contributed by atoms with van der Waals surface area (Å²) >= 11 is 0. The van der Waals surface area contributed by atoms with Gasteiger partial charge in [0.25, 0.3) is 0 Å². The molecule has 0 aliphatic heterocycles. The highest BCUT2D eigenvalue weighted by Crippen LogP contribution is 2.20. The van der Waals surface area contributed by atoms with Crippen LogP contribution in [0.15, 0.2) is 36.7 Å². The van der Waals surface area contributed by atoms with Crippen molar-refractivity contribution in [3.63, 3.8) is 0 Å². The van der Waals surface area contributed by atoms with Crippen molar-refractivity contribution in [2.45, 2.75) is 18.8 Å². The molecule has 2 aromatic rings. The lowest BCUT2D eigenvalue weighted by molar-refractivity contribution is -0.201. The van der Waals surface area contributed by atoms with Crippen LogP contribution in [0.1, 0.15) is 5.56 Å². The first kappa shape index (κ1) is 13.8. The van der Waals surface area contributed by atoms with Crippen LogP contribution in [0.25, 0.3) is 10.8 Å². The van der Waals surface area contributed by atoms with Gasteiger partial charge in [-0.25, -0.2) is 0 Å². The first-order valence-corrected chi connectivity index (χ1v) is 5.75. The normalized spacial score (nSPS) is 13.7. The molecule has 102 valence electrons. The zero-order valence-electron chi connectivity index (χ0n) is 9.98. The molecule has 0 saturated heterocycles. The van der Waals surface area contributed by atoms with Crippen LogP contribution in [-0.4, -0.2) is 28.9 Å². The minimum absolute atomic E-state index is 0.224. The number of rotatable bonds is 4. The predicted octanol–water partition coefficient (Wildman–Crippen LogP) is 2.25. The van der Waals surface area contributed by atoms with Crippen molar-refractivity contribution in [1.82, 2.24) is 10.3 Å². The largest absolute Gasteiger partial charge is 0.415 e. The number of nitrogens with one attached hydrogen (secondary N) is 1. The molecule has 0 spiro atoms. The SMILES string of the molecule is OC(CNCc1cncc2ccccc12)C(F)(F)F. The molecule has 1 heterocycles. The van der Waals surface area contributed by atoms with Crippen molar-refractivity contribution in [2.75, 3.05) is 6.54 Å². The van der Waals surface area contributed by atoms with Crippen molar-refractivity contribution in [1.29, 1.82) is 0 Å². The van der Waals surface area contributed by atoms with Crippen molar-refractivity contribution in [3.05, 3.63) is 42.2 Å². The minimum atomic E-state index is -4.59. The summed E-state index contributed by atoms with van der Waals surface area (Å²) in [5, 5.41) is 13.3. The Balaban J connectivity index is 2.03. The number of aliphatic hydroxyl groups is 1. The third-order valence-corrected chi connectivity index (χ3v) is 2.78. The van der Waals surface area contributed by atoms with E-state index in [2.05, 4.69) is 10.3 Å². The fraction of sp³-hybridized carbons (Fsp3) is 0.308. The molecular weight excluding hydrogens is 257 g/mol. The number of alkyl halides is 3. The maximum absolute atomic E-state index is 12.1. The molecule has 1 unspecified atom stereocenters. The maximum atomic E-state index is 12.1. The van der Waals surface area contributed by atoms with Gasteiger partial charge in [0.1, 0.15) is 0 Å². The van der Waals surface area contributed by atoms with E-state index >= 15 is 0 Å². The Morgan fingerprint density at radius 1 is 1.21 bits per heavy atom. The van der Waals surface area contributed by atoms with E-state index in [0.29, 0.717) is 0 Å². The van der Waals surface area contributed by atoms with Gasteiger partial charge in [-0.1, -0.05) is 24.3 Å². The number of benzene rings is 1. The lowest BCUT2D eigenvalue weighted by Gasteiger charge is -2.15. The van der Waals surface area contributed by atoms with Gasteiger partial charge in [-0.15, -0.1) is 0 Å². The van der Waals surface area contributed by atoms with E-state index in [9.17, 15) is 13.2 Å². The van der Waals surface area contributed by atoms with Crippen LogP contribution in [0.3, 0.4) is 0 Å². The molecule has 0 aliphatic rings. The average molecular weight is 270 g/mol. The average Bonchev–Trinajstić information content (AvgIpc) is 2.38. The molecule has 1 aromatic carbocycles. The number of hydrogen-bond donors (Lipinski definition) is 2. The molecule has 0 fully saturated rings. The lowest BCUT2D eigenvalue weighted by Crippen LogP contribution is -2.38. The first-order valence-electron chi connectivity index (χ1n) is 5.75. The monoisotopic (exact) mass is 270 g/mol. The van der Waals surface area contributed by atoms with Crippen LogP contribution in [0.2, 0.25) is 0 Å². The molecule has 0 radical (unpaired) electrons. The molecule has 6 heteroatoms. The standard InChI is InChI=1S/C13H13F3N2O/c14-13(15,16)12(19)8-18-7-10-6-17-5-9-3-1-2-4-11(9)10/h1-6,12,18-19H,7-8H2. The molecular formula is C13H13F3N2O. The van der Waals surface area contributed by atoms with Crippen LogP contribution >= 0.6 is 0 Å². The Labute approximate surface area is 108 Å². The molecule has 0 bridgehead atoms.